The average molecular weight is 271 g/mol. The Labute approximate surface area is 110 Å². The van der Waals surface area contributed by atoms with E-state index < -0.39 is 17.7 Å². The Morgan fingerprint density at radius 2 is 2.05 bits per heavy atom. The molecule has 0 radical (unpaired) electrons. The van der Waals surface area contributed by atoms with E-state index in [1.165, 1.54) is 7.11 Å². The maximum atomic E-state index is 11.3. The van der Waals surface area contributed by atoms with Crippen LogP contribution in [0.1, 0.15) is 37.3 Å². The molecule has 1 aromatic rings. The average Bonchev–Trinajstić information content (AvgIpc) is 2.74. The first-order valence-electron chi connectivity index (χ1n) is 5.69. The molecule has 19 heavy (non-hydrogen) atoms. The number of ether oxygens (including phenoxy) is 2. The van der Waals surface area contributed by atoms with Crippen molar-refractivity contribution in [3.63, 3.8) is 0 Å². The molecule has 106 valence electrons. The molecule has 1 amide bonds. The molecule has 0 spiro atoms. The minimum Gasteiger partial charge on any atom is -0.463 e. The first kappa shape index (κ1) is 14.9. The van der Waals surface area contributed by atoms with E-state index in [2.05, 4.69) is 20.2 Å². The van der Waals surface area contributed by atoms with E-state index in [9.17, 15) is 9.59 Å². The molecule has 8 nitrogen and oxygen atoms in total. The Hall–Kier alpha value is -2.12. The van der Waals surface area contributed by atoms with Gasteiger partial charge in [-0.3, -0.25) is 0 Å². The second-order valence-electron chi connectivity index (χ2n) is 4.68. The molecule has 1 heterocycles. The number of carbonyl (C=O) groups is 2. The van der Waals surface area contributed by atoms with Crippen LogP contribution in [0.15, 0.2) is 4.52 Å². The summed E-state index contributed by atoms with van der Waals surface area (Å²) in [5.74, 6) is -0.582. The van der Waals surface area contributed by atoms with Crippen LogP contribution in [-0.2, 0) is 15.9 Å². The van der Waals surface area contributed by atoms with E-state index in [1.54, 1.807) is 20.8 Å². The van der Waals surface area contributed by atoms with E-state index in [-0.39, 0.29) is 18.3 Å². The fraction of sp³-hybridized carbons (Fsp3) is 0.636. The summed E-state index contributed by atoms with van der Waals surface area (Å²) < 4.78 is 14.3. The molecule has 0 aliphatic rings. The Morgan fingerprint density at radius 3 is 2.63 bits per heavy atom. The van der Waals surface area contributed by atoms with E-state index in [0.29, 0.717) is 6.42 Å². The Bertz CT molecular complexity index is 449. The van der Waals surface area contributed by atoms with E-state index >= 15 is 0 Å². The van der Waals surface area contributed by atoms with Crippen LogP contribution in [0.2, 0.25) is 0 Å². The van der Waals surface area contributed by atoms with Crippen molar-refractivity contribution < 1.29 is 23.6 Å². The Kier molecular flexibility index (Phi) is 4.85. The summed E-state index contributed by atoms with van der Waals surface area (Å²) >= 11 is 0. The highest BCUT2D eigenvalue weighted by molar-refractivity contribution is 5.84. The van der Waals surface area contributed by atoms with Crippen LogP contribution in [0.4, 0.5) is 4.79 Å². The number of carbonyl (C=O) groups excluding carboxylic acids is 2. The summed E-state index contributed by atoms with van der Waals surface area (Å²) in [6.45, 7) is 5.57. The minimum absolute atomic E-state index is 0.144. The summed E-state index contributed by atoms with van der Waals surface area (Å²) in [6, 6.07) is 0. The van der Waals surface area contributed by atoms with Crippen molar-refractivity contribution in [3.8, 4) is 0 Å². The smallest absolute Gasteiger partial charge is 0.407 e. The number of amides is 1. The minimum atomic E-state index is -0.671. The maximum absolute atomic E-state index is 11.3. The van der Waals surface area contributed by atoms with Gasteiger partial charge in [-0.05, 0) is 25.9 Å². The van der Waals surface area contributed by atoms with E-state index in [0.717, 1.165) is 0 Å². The van der Waals surface area contributed by atoms with Crippen LogP contribution in [0.25, 0.3) is 0 Å². The number of esters is 1. The quantitative estimate of drug-likeness (QED) is 0.812. The molecule has 0 aliphatic carbocycles. The van der Waals surface area contributed by atoms with Crippen LogP contribution in [-0.4, -0.2) is 41.5 Å². The molecule has 0 bridgehead atoms. The molecule has 0 aliphatic heterocycles. The summed E-state index contributed by atoms with van der Waals surface area (Å²) in [5, 5.41) is 5.97. The summed E-state index contributed by atoms with van der Waals surface area (Å²) in [4.78, 5) is 26.2. The Morgan fingerprint density at radius 1 is 1.37 bits per heavy atom. The van der Waals surface area contributed by atoms with Crippen molar-refractivity contribution in [2.75, 3.05) is 13.7 Å². The molecule has 1 N–H and O–H groups in total. The number of aromatic nitrogens is 2. The van der Waals surface area contributed by atoms with Gasteiger partial charge in [0.1, 0.15) is 5.60 Å². The standard InChI is InChI=1S/C11H17N3O5/c1-11(2,3)18-10(16)12-6-5-7-13-8(14-19-7)9(15)17-4/h5-6H2,1-4H3,(H,12,16). The highest BCUT2D eigenvalue weighted by atomic mass is 16.6. The van der Waals surface area contributed by atoms with Gasteiger partial charge in [0.05, 0.1) is 7.11 Å². The monoisotopic (exact) mass is 271 g/mol. The van der Waals surface area contributed by atoms with Gasteiger partial charge >= 0.3 is 12.1 Å². The molecule has 0 atom stereocenters. The number of nitrogens with zero attached hydrogens (tertiary/aromatic N) is 2. The molecular weight excluding hydrogens is 254 g/mol. The van der Waals surface area contributed by atoms with Gasteiger partial charge in [-0.1, -0.05) is 0 Å². The highest BCUT2D eigenvalue weighted by Crippen LogP contribution is 2.06. The van der Waals surface area contributed by atoms with Crippen molar-refractivity contribution in [2.24, 2.45) is 0 Å². The van der Waals surface area contributed by atoms with Crippen molar-refractivity contribution in [1.82, 2.24) is 15.5 Å². The third-order valence-corrected chi connectivity index (χ3v) is 1.84. The zero-order valence-electron chi connectivity index (χ0n) is 11.3. The lowest BCUT2D eigenvalue weighted by Crippen LogP contribution is -2.33. The third kappa shape index (κ3) is 5.36. The third-order valence-electron chi connectivity index (χ3n) is 1.84. The van der Waals surface area contributed by atoms with Crippen molar-refractivity contribution in [3.05, 3.63) is 11.7 Å². The van der Waals surface area contributed by atoms with Gasteiger partial charge in [0.15, 0.2) is 0 Å². The number of alkyl carbamates (subject to hydrolysis) is 1. The van der Waals surface area contributed by atoms with Crippen LogP contribution < -0.4 is 5.32 Å². The van der Waals surface area contributed by atoms with E-state index in [1.807, 2.05) is 0 Å². The summed E-state index contributed by atoms with van der Waals surface area (Å²) in [7, 11) is 1.22. The number of hydrogen-bond donors (Lipinski definition) is 1. The SMILES string of the molecule is COC(=O)c1noc(CCNC(=O)OC(C)(C)C)n1. The fourth-order valence-corrected chi connectivity index (χ4v) is 1.12. The molecule has 8 heteroatoms. The largest absolute Gasteiger partial charge is 0.463 e. The van der Waals surface area contributed by atoms with Crippen LogP contribution >= 0.6 is 0 Å². The summed E-state index contributed by atoms with van der Waals surface area (Å²) in [5.41, 5.74) is -0.549. The predicted octanol–water partition coefficient (Wildman–Crippen LogP) is 0.923. The van der Waals surface area contributed by atoms with Crippen LogP contribution in [0.5, 0.6) is 0 Å². The first-order chi connectivity index (χ1) is 8.81. The topological polar surface area (TPSA) is 104 Å². The van der Waals surface area contributed by atoms with Crippen molar-refractivity contribution in [1.29, 1.82) is 0 Å². The van der Waals surface area contributed by atoms with Crippen LogP contribution in [0.3, 0.4) is 0 Å². The van der Waals surface area contributed by atoms with Gasteiger partial charge in [-0.2, -0.15) is 4.98 Å². The number of nitrogens with one attached hydrogen (secondary N) is 1. The lowest BCUT2D eigenvalue weighted by Gasteiger charge is -2.19. The molecule has 1 aromatic heterocycles. The molecule has 1 rings (SSSR count). The molecule has 0 saturated carbocycles. The summed E-state index contributed by atoms with van der Waals surface area (Å²) in [6.07, 6.45) is -0.233. The fourth-order valence-electron chi connectivity index (χ4n) is 1.12. The molecule has 0 aromatic carbocycles. The second kappa shape index (κ2) is 6.17. The zero-order chi connectivity index (χ0) is 14.5. The first-order valence-corrected chi connectivity index (χ1v) is 5.69. The normalized spacial score (nSPS) is 10.9. The van der Waals surface area contributed by atoms with Crippen molar-refractivity contribution >= 4 is 12.1 Å². The van der Waals surface area contributed by atoms with Gasteiger partial charge in [0.2, 0.25) is 5.89 Å². The van der Waals surface area contributed by atoms with Gasteiger partial charge in [0.25, 0.3) is 5.82 Å². The number of hydrogen-bond acceptors (Lipinski definition) is 7. The lowest BCUT2D eigenvalue weighted by molar-refractivity contribution is 0.0526. The zero-order valence-corrected chi connectivity index (χ0v) is 11.3. The molecule has 0 fully saturated rings. The number of rotatable bonds is 4. The molecule has 0 saturated heterocycles. The van der Waals surface area contributed by atoms with Gasteiger partial charge in [-0.15, -0.1) is 0 Å². The van der Waals surface area contributed by atoms with Gasteiger partial charge in [0, 0.05) is 13.0 Å². The predicted molar refractivity (Wildman–Crippen MR) is 63.6 cm³/mol. The van der Waals surface area contributed by atoms with Crippen molar-refractivity contribution in [2.45, 2.75) is 32.8 Å². The molecule has 0 unspecified atom stereocenters. The Balaban J connectivity index is 2.35. The van der Waals surface area contributed by atoms with Crippen LogP contribution in [0, 0.1) is 0 Å². The van der Waals surface area contributed by atoms with Gasteiger partial charge < -0.3 is 19.3 Å². The highest BCUT2D eigenvalue weighted by Gasteiger charge is 2.17. The maximum Gasteiger partial charge on any atom is 0.407 e. The lowest BCUT2D eigenvalue weighted by atomic mass is 10.2. The van der Waals surface area contributed by atoms with E-state index in [4.69, 9.17) is 9.26 Å². The van der Waals surface area contributed by atoms with Gasteiger partial charge in [-0.25, -0.2) is 9.59 Å². The second-order valence-corrected chi connectivity index (χ2v) is 4.68. The number of methoxy groups -OCH3 is 1. The molecular formula is C11H17N3O5.